The number of ether oxygens (including phenoxy) is 2. The van der Waals surface area contributed by atoms with Crippen LogP contribution in [0.3, 0.4) is 0 Å². The minimum atomic E-state index is 0.570. The summed E-state index contributed by atoms with van der Waals surface area (Å²) in [6, 6.07) is 17.8. The number of hydrogen-bond donors (Lipinski definition) is 2. The van der Waals surface area contributed by atoms with Crippen LogP contribution >= 0.6 is 0 Å². The average molecular weight is 327 g/mol. The van der Waals surface area contributed by atoms with Gasteiger partial charge >= 0.3 is 0 Å². The Hall–Kier alpha value is -2.69. The maximum atomic E-state index is 5.65. The predicted molar refractivity (Wildman–Crippen MR) is 97.7 cm³/mol. The Kier molecular flexibility index (Phi) is 7.47. The zero-order valence-electron chi connectivity index (χ0n) is 14.3. The van der Waals surface area contributed by atoms with E-state index in [1.807, 2.05) is 61.5 Å². The van der Waals surface area contributed by atoms with Crippen molar-refractivity contribution in [2.24, 2.45) is 4.99 Å². The maximum absolute atomic E-state index is 5.65. The van der Waals surface area contributed by atoms with Crippen LogP contribution in [0.2, 0.25) is 0 Å². The molecule has 5 heteroatoms. The summed E-state index contributed by atoms with van der Waals surface area (Å²) in [6.07, 6.45) is 0. The van der Waals surface area contributed by atoms with Crippen LogP contribution in [0.25, 0.3) is 0 Å². The standard InChI is InChI=1S/C19H25N3O2/c1-3-23-18-12-8-7-9-16(18)15-22-19(20-2)21-13-14-24-17-10-5-4-6-11-17/h4-12H,3,13-15H2,1-2H3,(H2,20,21,22). The Balaban J connectivity index is 1.74. The van der Waals surface area contributed by atoms with Gasteiger partial charge in [0.25, 0.3) is 0 Å². The van der Waals surface area contributed by atoms with Gasteiger partial charge in [0.2, 0.25) is 0 Å². The maximum Gasteiger partial charge on any atom is 0.191 e. The number of nitrogens with zero attached hydrogens (tertiary/aromatic N) is 1. The Labute approximate surface area is 143 Å². The highest BCUT2D eigenvalue weighted by Gasteiger charge is 2.04. The molecule has 0 heterocycles. The second-order valence-electron chi connectivity index (χ2n) is 5.05. The van der Waals surface area contributed by atoms with Gasteiger partial charge in [0.1, 0.15) is 18.1 Å². The summed E-state index contributed by atoms with van der Waals surface area (Å²) in [4.78, 5) is 4.22. The van der Waals surface area contributed by atoms with Crippen molar-refractivity contribution in [2.45, 2.75) is 13.5 Å². The molecule has 2 rings (SSSR count). The minimum absolute atomic E-state index is 0.570. The predicted octanol–water partition coefficient (Wildman–Crippen LogP) is 2.83. The van der Waals surface area contributed by atoms with E-state index in [2.05, 4.69) is 15.6 Å². The number of aliphatic imine (C=N–C) groups is 1. The van der Waals surface area contributed by atoms with Gasteiger partial charge in [-0.05, 0) is 25.1 Å². The minimum Gasteiger partial charge on any atom is -0.494 e. The van der Waals surface area contributed by atoms with Crippen molar-refractivity contribution in [1.82, 2.24) is 10.6 Å². The molecule has 2 aromatic carbocycles. The van der Waals surface area contributed by atoms with Gasteiger partial charge < -0.3 is 20.1 Å². The molecule has 0 spiro atoms. The van der Waals surface area contributed by atoms with Gasteiger partial charge in [0.15, 0.2) is 5.96 Å². The average Bonchev–Trinajstić information content (AvgIpc) is 2.63. The van der Waals surface area contributed by atoms with Crippen molar-refractivity contribution in [3.63, 3.8) is 0 Å². The van der Waals surface area contributed by atoms with Crippen LogP contribution in [0, 0.1) is 0 Å². The smallest absolute Gasteiger partial charge is 0.191 e. The van der Waals surface area contributed by atoms with Gasteiger partial charge in [-0.2, -0.15) is 0 Å². The van der Waals surface area contributed by atoms with Crippen molar-refractivity contribution in [1.29, 1.82) is 0 Å². The summed E-state index contributed by atoms with van der Waals surface area (Å²) >= 11 is 0. The lowest BCUT2D eigenvalue weighted by Gasteiger charge is -2.14. The third-order valence-corrected chi connectivity index (χ3v) is 3.35. The number of para-hydroxylation sites is 2. The molecule has 0 atom stereocenters. The van der Waals surface area contributed by atoms with E-state index in [-0.39, 0.29) is 0 Å². The van der Waals surface area contributed by atoms with E-state index in [0.717, 1.165) is 23.0 Å². The van der Waals surface area contributed by atoms with E-state index in [9.17, 15) is 0 Å². The third-order valence-electron chi connectivity index (χ3n) is 3.35. The summed E-state index contributed by atoms with van der Waals surface area (Å²) in [5.41, 5.74) is 1.10. The van der Waals surface area contributed by atoms with E-state index >= 15 is 0 Å². The van der Waals surface area contributed by atoms with Crippen molar-refractivity contribution < 1.29 is 9.47 Å². The Morgan fingerprint density at radius 3 is 2.46 bits per heavy atom. The lowest BCUT2D eigenvalue weighted by Crippen LogP contribution is -2.38. The highest BCUT2D eigenvalue weighted by molar-refractivity contribution is 5.79. The van der Waals surface area contributed by atoms with Crippen molar-refractivity contribution in [3.8, 4) is 11.5 Å². The first-order chi connectivity index (χ1) is 11.8. The van der Waals surface area contributed by atoms with Crippen LogP contribution in [0.15, 0.2) is 59.6 Å². The highest BCUT2D eigenvalue weighted by atomic mass is 16.5. The molecule has 0 bridgehead atoms. The van der Waals surface area contributed by atoms with Crippen LogP contribution in [-0.2, 0) is 6.54 Å². The molecule has 0 fully saturated rings. The summed E-state index contributed by atoms with van der Waals surface area (Å²) in [7, 11) is 1.75. The zero-order valence-corrected chi connectivity index (χ0v) is 14.3. The number of guanidine groups is 1. The quantitative estimate of drug-likeness (QED) is 0.445. The highest BCUT2D eigenvalue weighted by Crippen LogP contribution is 2.17. The van der Waals surface area contributed by atoms with Crippen LogP contribution in [0.1, 0.15) is 12.5 Å². The summed E-state index contributed by atoms with van der Waals surface area (Å²) < 4.78 is 11.3. The largest absolute Gasteiger partial charge is 0.494 e. The molecule has 0 saturated carbocycles. The van der Waals surface area contributed by atoms with Crippen LogP contribution in [0.4, 0.5) is 0 Å². The molecule has 0 aliphatic carbocycles. The van der Waals surface area contributed by atoms with Crippen LogP contribution in [0.5, 0.6) is 11.5 Å². The number of nitrogens with one attached hydrogen (secondary N) is 2. The van der Waals surface area contributed by atoms with Gasteiger partial charge in [0.05, 0.1) is 13.2 Å². The van der Waals surface area contributed by atoms with Gasteiger partial charge in [-0.3, -0.25) is 4.99 Å². The zero-order chi connectivity index (χ0) is 17.0. The fraction of sp³-hybridized carbons (Fsp3) is 0.316. The SMILES string of the molecule is CCOc1ccccc1CNC(=NC)NCCOc1ccccc1. The molecule has 0 unspecified atom stereocenters. The van der Waals surface area contributed by atoms with Crippen molar-refractivity contribution >= 4 is 5.96 Å². The fourth-order valence-corrected chi connectivity index (χ4v) is 2.20. The first kappa shape index (κ1) is 17.7. The van der Waals surface area contributed by atoms with Gasteiger partial charge in [-0.25, -0.2) is 0 Å². The van der Waals surface area contributed by atoms with E-state index in [4.69, 9.17) is 9.47 Å². The first-order valence-corrected chi connectivity index (χ1v) is 8.16. The lowest BCUT2D eigenvalue weighted by atomic mass is 10.2. The van der Waals surface area contributed by atoms with Crippen molar-refractivity contribution in [2.75, 3.05) is 26.8 Å². The molecular weight excluding hydrogens is 302 g/mol. The van der Waals surface area contributed by atoms with E-state index in [0.29, 0.717) is 26.3 Å². The number of rotatable bonds is 8. The molecule has 0 aromatic heterocycles. The molecule has 2 N–H and O–H groups in total. The Morgan fingerprint density at radius 1 is 0.958 bits per heavy atom. The molecule has 0 aliphatic heterocycles. The molecule has 0 aliphatic rings. The third kappa shape index (κ3) is 5.83. The second kappa shape index (κ2) is 10.2. The number of hydrogen-bond acceptors (Lipinski definition) is 3. The second-order valence-corrected chi connectivity index (χ2v) is 5.05. The molecule has 0 amide bonds. The van der Waals surface area contributed by atoms with E-state index in [1.165, 1.54) is 0 Å². The van der Waals surface area contributed by atoms with Gasteiger partial charge in [-0.1, -0.05) is 36.4 Å². The topological polar surface area (TPSA) is 54.9 Å². The molecule has 0 radical (unpaired) electrons. The molecule has 0 saturated heterocycles. The summed E-state index contributed by atoms with van der Waals surface area (Å²) in [6.45, 7) is 4.52. The lowest BCUT2D eigenvalue weighted by molar-refractivity contribution is 0.322. The van der Waals surface area contributed by atoms with E-state index < -0.39 is 0 Å². The monoisotopic (exact) mass is 327 g/mol. The molecule has 2 aromatic rings. The molecule has 5 nitrogen and oxygen atoms in total. The van der Waals surface area contributed by atoms with Crippen molar-refractivity contribution in [3.05, 3.63) is 60.2 Å². The van der Waals surface area contributed by atoms with Gasteiger partial charge in [-0.15, -0.1) is 0 Å². The fourth-order valence-electron chi connectivity index (χ4n) is 2.20. The van der Waals surface area contributed by atoms with Gasteiger partial charge in [0, 0.05) is 19.2 Å². The normalized spacial score (nSPS) is 11.0. The van der Waals surface area contributed by atoms with E-state index in [1.54, 1.807) is 7.05 Å². The Bertz CT molecular complexity index is 630. The Morgan fingerprint density at radius 2 is 1.71 bits per heavy atom. The molecular formula is C19H25N3O2. The number of benzene rings is 2. The summed E-state index contributed by atoms with van der Waals surface area (Å²) in [5, 5.41) is 6.52. The first-order valence-electron chi connectivity index (χ1n) is 8.16. The molecule has 128 valence electrons. The molecule has 24 heavy (non-hydrogen) atoms. The summed E-state index contributed by atoms with van der Waals surface area (Å²) in [5.74, 6) is 2.50. The van der Waals surface area contributed by atoms with Crippen LogP contribution < -0.4 is 20.1 Å². The van der Waals surface area contributed by atoms with Crippen LogP contribution in [-0.4, -0.2) is 32.8 Å².